The van der Waals surface area contributed by atoms with Crippen molar-refractivity contribution >= 4 is 10.0 Å². The van der Waals surface area contributed by atoms with Gasteiger partial charge in [0.1, 0.15) is 11.8 Å². The predicted octanol–water partition coefficient (Wildman–Crippen LogP) is 1.35. The first-order chi connectivity index (χ1) is 8.90. The molecule has 0 fully saturated rings. The van der Waals surface area contributed by atoms with Gasteiger partial charge in [0.2, 0.25) is 10.0 Å². The predicted molar refractivity (Wildman–Crippen MR) is 72.4 cm³/mol. The van der Waals surface area contributed by atoms with Crippen molar-refractivity contribution in [3.63, 3.8) is 0 Å². The Morgan fingerprint density at radius 3 is 2.32 bits per heavy atom. The molecule has 98 valence electrons. The van der Waals surface area contributed by atoms with Gasteiger partial charge in [0.15, 0.2) is 0 Å². The summed E-state index contributed by atoms with van der Waals surface area (Å²) >= 11 is 0. The second-order valence-corrected chi connectivity index (χ2v) is 5.89. The van der Waals surface area contributed by atoms with Crippen LogP contribution in [0.3, 0.4) is 0 Å². The molecule has 0 aliphatic rings. The second kappa shape index (κ2) is 4.88. The number of benzene rings is 1. The normalized spacial score (nSPS) is 11.2. The summed E-state index contributed by atoms with van der Waals surface area (Å²) in [5.74, 6) is -0.177. The topological polar surface area (TPSA) is 88.9 Å². The average Bonchev–Trinajstić information content (AvgIpc) is 2.69. The van der Waals surface area contributed by atoms with Crippen LogP contribution in [0.1, 0.15) is 11.3 Å². The van der Waals surface area contributed by atoms with Crippen LogP contribution in [0.25, 0.3) is 11.3 Å². The van der Waals surface area contributed by atoms with E-state index in [9.17, 15) is 8.42 Å². The van der Waals surface area contributed by atoms with Gasteiger partial charge in [0, 0.05) is 12.7 Å². The molecule has 0 saturated heterocycles. The van der Waals surface area contributed by atoms with E-state index in [1.54, 1.807) is 22.8 Å². The minimum absolute atomic E-state index is 0.177. The number of sulfonamides is 1. The van der Waals surface area contributed by atoms with E-state index < -0.39 is 10.0 Å². The van der Waals surface area contributed by atoms with Gasteiger partial charge in [0.05, 0.1) is 5.75 Å². The zero-order valence-corrected chi connectivity index (χ0v) is 11.2. The summed E-state index contributed by atoms with van der Waals surface area (Å²) in [4.78, 5) is 0. The maximum Gasteiger partial charge on any atom is 0.213 e. The molecule has 6 heteroatoms. The summed E-state index contributed by atoms with van der Waals surface area (Å²) in [7, 11) is -1.70. The van der Waals surface area contributed by atoms with Crippen molar-refractivity contribution in [1.82, 2.24) is 4.57 Å². The average molecular weight is 275 g/mol. The third kappa shape index (κ3) is 3.02. The van der Waals surface area contributed by atoms with Crippen molar-refractivity contribution in [2.75, 3.05) is 0 Å². The van der Waals surface area contributed by atoms with Crippen molar-refractivity contribution in [2.45, 2.75) is 5.75 Å². The van der Waals surface area contributed by atoms with Crippen molar-refractivity contribution in [3.8, 4) is 17.3 Å². The smallest absolute Gasteiger partial charge is 0.213 e. The maximum absolute atomic E-state index is 11.0. The van der Waals surface area contributed by atoms with Crippen LogP contribution in [0, 0.1) is 11.3 Å². The van der Waals surface area contributed by atoms with E-state index in [-0.39, 0.29) is 5.75 Å². The third-order valence-corrected chi connectivity index (χ3v) is 3.59. The van der Waals surface area contributed by atoms with E-state index in [0.29, 0.717) is 11.3 Å². The largest absolute Gasteiger partial charge is 0.335 e. The summed E-state index contributed by atoms with van der Waals surface area (Å²) in [6.07, 6.45) is 0. The zero-order chi connectivity index (χ0) is 14.0. The molecular formula is C13H13N3O2S. The zero-order valence-electron chi connectivity index (χ0n) is 10.4. The van der Waals surface area contributed by atoms with E-state index >= 15 is 0 Å². The number of hydrogen-bond donors (Lipinski definition) is 1. The van der Waals surface area contributed by atoms with Crippen LogP contribution in [0.2, 0.25) is 0 Å². The molecule has 0 aliphatic carbocycles. The summed E-state index contributed by atoms with van der Waals surface area (Å²) in [5.41, 5.74) is 3.03. The molecule has 5 nitrogen and oxygen atoms in total. The lowest BCUT2D eigenvalue weighted by Crippen LogP contribution is -2.14. The molecule has 19 heavy (non-hydrogen) atoms. The van der Waals surface area contributed by atoms with Crippen molar-refractivity contribution in [2.24, 2.45) is 12.2 Å². The number of nitrogens with two attached hydrogens (primary N) is 1. The van der Waals surface area contributed by atoms with E-state index in [2.05, 4.69) is 6.07 Å². The van der Waals surface area contributed by atoms with Crippen molar-refractivity contribution < 1.29 is 8.42 Å². The lowest BCUT2D eigenvalue weighted by Gasteiger charge is -2.06. The second-order valence-electron chi connectivity index (χ2n) is 4.28. The lowest BCUT2D eigenvalue weighted by atomic mass is 10.1. The SMILES string of the molecule is Cn1c(C#N)ccc1-c1ccc(CS(N)(=O)=O)cc1. The summed E-state index contributed by atoms with van der Waals surface area (Å²) < 4.78 is 23.8. The van der Waals surface area contributed by atoms with Gasteiger partial charge >= 0.3 is 0 Å². The molecule has 1 aromatic carbocycles. The van der Waals surface area contributed by atoms with Crippen LogP contribution in [-0.2, 0) is 22.8 Å². The molecule has 1 heterocycles. The van der Waals surface area contributed by atoms with E-state index in [1.807, 2.05) is 25.2 Å². The van der Waals surface area contributed by atoms with E-state index in [1.165, 1.54) is 0 Å². The Labute approximate surface area is 111 Å². The number of aromatic nitrogens is 1. The molecule has 0 amide bonds. The van der Waals surface area contributed by atoms with Crippen molar-refractivity contribution in [3.05, 3.63) is 47.7 Å². The highest BCUT2D eigenvalue weighted by atomic mass is 32.2. The molecule has 0 aliphatic heterocycles. The fourth-order valence-electron chi connectivity index (χ4n) is 1.92. The van der Waals surface area contributed by atoms with Crippen LogP contribution >= 0.6 is 0 Å². The molecule has 2 aromatic rings. The Bertz CT molecular complexity index is 737. The maximum atomic E-state index is 11.0. The van der Waals surface area contributed by atoms with Gasteiger partial charge in [-0.3, -0.25) is 0 Å². The standard InChI is InChI=1S/C13H13N3O2S/c1-16-12(8-14)6-7-13(16)11-4-2-10(3-5-11)9-19(15,17)18/h2-7H,9H2,1H3,(H2,15,17,18). The summed E-state index contributed by atoms with van der Waals surface area (Å²) in [6, 6.07) is 12.8. The quantitative estimate of drug-likeness (QED) is 0.917. The van der Waals surface area contributed by atoms with Crippen LogP contribution < -0.4 is 5.14 Å². The van der Waals surface area contributed by atoms with Gasteiger partial charge in [-0.15, -0.1) is 0 Å². The molecule has 0 radical (unpaired) electrons. The van der Waals surface area contributed by atoms with Gasteiger partial charge in [-0.25, -0.2) is 13.6 Å². The van der Waals surface area contributed by atoms with Crippen LogP contribution in [0.5, 0.6) is 0 Å². The van der Waals surface area contributed by atoms with Gasteiger partial charge in [-0.05, 0) is 23.3 Å². The van der Waals surface area contributed by atoms with Crippen molar-refractivity contribution in [1.29, 1.82) is 5.26 Å². The monoisotopic (exact) mass is 275 g/mol. The highest BCUT2D eigenvalue weighted by Gasteiger charge is 2.08. The molecule has 0 unspecified atom stereocenters. The Morgan fingerprint density at radius 2 is 1.84 bits per heavy atom. The Morgan fingerprint density at radius 1 is 1.21 bits per heavy atom. The van der Waals surface area contributed by atoms with Gasteiger partial charge < -0.3 is 4.57 Å². The Hall–Kier alpha value is -2.10. The minimum atomic E-state index is -3.51. The molecule has 0 bridgehead atoms. The number of hydrogen-bond acceptors (Lipinski definition) is 3. The van der Waals surface area contributed by atoms with Crippen LogP contribution in [-0.4, -0.2) is 13.0 Å². The first-order valence-electron chi connectivity index (χ1n) is 5.56. The summed E-state index contributed by atoms with van der Waals surface area (Å²) in [6.45, 7) is 0. The first kappa shape index (κ1) is 13.3. The van der Waals surface area contributed by atoms with E-state index in [4.69, 9.17) is 10.4 Å². The highest BCUT2D eigenvalue weighted by molar-refractivity contribution is 7.88. The molecular weight excluding hydrogens is 262 g/mol. The molecule has 0 atom stereocenters. The Balaban J connectivity index is 2.33. The molecule has 2 N–H and O–H groups in total. The fraction of sp³-hybridized carbons (Fsp3) is 0.154. The lowest BCUT2D eigenvalue weighted by molar-refractivity contribution is 0.597. The number of rotatable bonds is 3. The van der Waals surface area contributed by atoms with Crippen LogP contribution in [0.15, 0.2) is 36.4 Å². The van der Waals surface area contributed by atoms with Crippen LogP contribution in [0.4, 0.5) is 0 Å². The Kier molecular flexibility index (Phi) is 3.42. The van der Waals surface area contributed by atoms with Gasteiger partial charge in [-0.2, -0.15) is 5.26 Å². The molecule has 2 rings (SSSR count). The highest BCUT2D eigenvalue weighted by Crippen LogP contribution is 2.22. The first-order valence-corrected chi connectivity index (χ1v) is 7.28. The number of nitrogens with zero attached hydrogens (tertiary/aromatic N) is 2. The third-order valence-electron chi connectivity index (χ3n) is 2.85. The molecule has 0 saturated carbocycles. The molecule has 0 spiro atoms. The number of nitriles is 1. The van der Waals surface area contributed by atoms with Gasteiger partial charge in [-0.1, -0.05) is 24.3 Å². The van der Waals surface area contributed by atoms with E-state index in [0.717, 1.165) is 11.3 Å². The minimum Gasteiger partial charge on any atom is -0.335 e. The number of primary sulfonamides is 1. The molecule has 1 aromatic heterocycles. The van der Waals surface area contributed by atoms with Gasteiger partial charge in [0.25, 0.3) is 0 Å². The summed E-state index contributed by atoms with van der Waals surface area (Å²) in [5, 5.41) is 13.9. The fourth-order valence-corrected chi connectivity index (χ4v) is 2.57.